The normalized spacial score (nSPS) is 14.4. The molecule has 0 saturated carbocycles. The summed E-state index contributed by atoms with van der Waals surface area (Å²) in [5.74, 6) is 0. The van der Waals surface area contributed by atoms with Crippen LogP contribution >= 0.6 is 11.3 Å². The highest BCUT2D eigenvalue weighted by Gasteiger charge is 2.18. The second-order valence-electron chi connectivity index (χ2n) is 11.8. The van der Waals surface area contributed by atoms with Crippen molar-refractivity contribution < 1.29 is 18.1 Å². The van der Waals surface area contributed by atoms with Crippen LogP contribution in [0.4, 0.5) is 0 Å². The molecule has 0 aliphatic rings. The lowest BCUT2D eigenvalue weighted by atomic mass is 9.93. The summed E-state index contributed by atoms with van der Waals surface area (Å²) in [6.07, 6.45) is 1.33. The molecule has 3 aromatic heterocycles. The fourth-order valence-corrected chi connectivity index (χ4v) is 7.54. The van der Waals surface area contributed by atoms with E-state index in [1.54, 1.807) is 0 Å². The maximum Gasteiger partial charge on any atom is 0.180 e. The zero-order valence-electron chi connectivity index (χ0n) is 36.1. The van der Waals surface area contributed by atoms with E-state index in [0.29, 0.717) is 16.5 Å². The SMILES string of the molecule is [2H]c1cc([2H])c(-c2c([2H])c([2H])c([2H])c3c2sc2c([2H])c([2H])c([2H])c([2H])c23)c([2H])c1-c1ncnc2c1oc1ccc(-c3cc(-c4ccccc4)cc(-c4ccccc4)c3)cc12. The van der Waals surface area contributed by atoms with Gasteiger partial charge < -0.3 is 4.42 Å². The molecule has 0 atom stereocenters. The quantitative estimate of drug-likeness (QED) is 0.183. The Labute approximate surface area is 306 Å². The Morgan fingerprint density at radius 2 is 1.22 bits per heavy atom. The van der Waals surface area contributed by atoms with Crippen LogP contribution in [-0.4, -0.2) is 9.97 Å². The van der Waals surface area contributed by atoms with Crippen LogP contribution in [0.3, 0.4) is 0 Å². The number of fused-ring (bicyclic) bond motifs is 6. The van der Waals surface area contributed by atoms with Gasteiger partial charge in [0.05, 0.1) is 13.7 Å². The minimum absolute atomic E-state index is 0.00450. The Balaban J connectivity index is 1.17. The lowest BCUT2D eigenvalue weighted by Crippen LogP contribution is -1.88. The van der Waals surface area contributed by atoms with Gasteiger partial charge in [-0.3, -0.25) is 0 Å². The van der Waals surface area contributed by atoms with Gasteiger partial charge in [0.25, 0.3) is 0 Å². The molecule has 7 aromatic carbocycles. The first-order valence-electron chi connectivity index (χ1n) is 20.9. The summed E-state index contributed by atoms with van der Waals surface area (Å²) in [5, 5.41) is 0.757. The minimum atomic E-state index is -0.525. The Kier molecular flexibility index (Phi) is 4.71. The Bertz CT molecular complexity index is 3380. The fourth-order valence-electron chi connectivity index (χ4n) is 6.47. The van der Waals surface area contributed by atoms with E-state index in [1.807, 2.05) is 54.6 Å². The molecule has 3 heterocycles. The van der Waals surface area contributed by atoms with Crippen LogP contribution in [0.1, 0.15) is 13.7 Å². The Morgan fingerprint density at radius 1 is 0.520 bits per heavy atom. The second kappa shape index (κ2) is 11.7. The molecule has 0 unspecified atom stereocenters. The van der Waals surface area contributed by atoms with Gasteiger partial charge in [-0.1, -0.05) is 121 Å². The molecule has 0 spiro atoms. The second-order valence-corrected chi connectivity index (χ2v) is 12.8. The predicted molar refractivity (Wildman–Crippen MR) is 209 cm³/mol. The molecule has 0 saturated heterocycles. The standard InChI is InChI=1S/C46H28N2OS/c1-3-11-29(12-4-1)34-24-35(30-13-5-2-6-14-30)26-36(25-34)31-21-22-41-40(27-31)44-45(49-41)43(47-28-48-44)33-16-9-15-32(23-33)37-18-10-19-39-38-17-7-8-20-42(38)50-46(37)39/h1-28H/i7D,8D,10D,15D,16D,17D,18D,19D,20D,23D. The molecular formula is C46H28N2OS. The van der Waals surface area contributed by atoms with Crippen molar-refractivity contribution in [3.8, 4) is 55.8 Å². The average molecular weight is 667 g/mol. The first kappa shape index (κ1) is 20.2. The number of rotatable bonds is 5. The maximum atomic E-state index is 9.56. The molecular weight excluding hydrogens is 629 g/mol. The summed E-state index contributed by atoms with van der Waals surface area (Å²) < 4.78 is 94.7. The molecule has 0 N–H and O–H groups in total. The van der Waals surface area contributed by atoms with Crippen LogP contribution in [-0.2, 0) is 0 Å². The molecule has 0 fully saturated rings. The third-order valence-corrected chi connectivity index (χ3v) is 9.96. The van der Waals surface area contributed by atoms with Crippen LogP contribution in [0.25, 0.3) is 98.0 Å². The van der Waals surface area contributed by atoms with Crippen LogP contribution in [0, 0.1) is 0 Å². The molecule has 10 rings (SSSR count). The van der Waals surface area contributed by atoms with Crippen molar-refractivity contribution in [1.82, 2.24) is 9.97 Å². The Hall–Kier alpha value is -6.36. The van der Waals surface area contributed by atoms with Gasteiger partial charge in [0.15, 0.2) is 5.58 Å². The number of hydrogen-bond donors (Lipinski definition) is 0. The number of aromatic nitrogens is 2. The number of furan rings is 1. The van der Waals surface area contributed by atoms with Crippen LogP contribution in [0.15, 0.2) is 174 Å². The summed E-state index contributed by atoms with van der Waals surface area (Å²) in [5.41, 5.74) is 7.24. The van der Waals surface area contributed by atoms with Gasteiger partial charge in [-0.25, -0.2) is 9.97 Å². The predicted octanol–water partition coefficient (Wildman–Crippen LogP) is 13.1. The van der Waals surface area contributed by atoms with Gasteiger partial charge in [-0.15, -0.1) is 11.3 Å². The molecule has 0 amide bonds. The van der Waals surface area contributed by atoms with E-state index in [-0.39, 0.29) is 78.4 Å². The number of thiophene rings is 1. The first-order chi connectivity index (χ1) is 28.9. The summed E-state index contributed by atoms with van der Waals surface area (Å²) in [6.45, 7) is 0. The van der Waals surface area contributed by atoms with Crippen molar-refractivity contribution in [2.24, 2.45) is 0 Å². The van der Waals surface area contributed by atoms with Crippen LogP contribution < -0.4 is 0 Å². The van der Waals surface area contributed by atoms with Gasteiger partial charge in [-0.05, 0) is 86.9 Å². The average Bonchev–Trinajstić information content (AvgIpc) is 3.85. The van der Waals surface area contributed by atoms with E-state index in [2.05, 4.69) is 52.4 Å². The van der Waals surface area contributed by atoms with E-state index < -0.39 is 30.2 Å². The van der Waals surface area contributed by atoms with Crippen molar-refractivity contribution in [1.29, 1.82) is 0 Å². The van der Waals surface area contributed by atoms with Gasteiger partial charge >= 0.3 is 0 Å². The van der Waals surface area contributed by atoms with Crippen molar-refractivity contribution >= 4 is 53.6 Å². The van der Waals surface area contributed by atoms with E-state index in [0.717, 1.165) is 44.7 Å². The minimum Gasteiger partial charge on any atom is -0.452 e. The summed E-state index contributed by atoms with van der Waals surface area (Å²) in [7, 11) is 0. The van der Waals surface area contributed by atoms with Crippen molar-refractivity contribution in [3.05, 3.63) is 170 Å². The smallest absolute Gasteiger partial charge is 0.180 e. The van der Waals surface area contributed by atoms with Crippen molar-refractivity contribution in [2.75, 3.05) is 0 Å². The van der Waals surface area contributed by atoms with E-state index in [4.69, 9.17) is 16.8 Å². The lowest BCUT2D eigenvalue weighted by Gasteiger charge is -2.11. The summed E-state index contributed by atoms with van der Waals surface area (Å²) in [4.78, 5) is 9.12. The topological polar surface area (TPSA) is 38.9 Å². The lowest BCUT2D eigenvalue weighted by molar-refractivity contribution is 0.667. The molecule has 4 heteroatoms. The van der Waals surface area contributed by atoms with Crippen molar-refractivity contribution in [2.45, 2.75) is 0 Å². The molecule has 234 valence electrons. The van der Waals surface area contributed by atoms with E-state index >= 15 is 0 Å². The fraction of sp³-hybridized carbons (Fsp3) is 0. The highest BCUT2D eigenvalue weighted by Crippen LogP contribution is 2.42. The van der Waals surface area contributed by atoms with Gasteiger partial charge in [0.1, 0.15) is 23.1 Å². The number of nitrogens with zero attached hydrogens (tertiary/aromatic N) is 2. The molecule has 50 heavy (non-hydrogen) atoms. The third kappa shape index (κ3) is 4.80. The Morgan fingerprint density at radius 3 is 2.00 bits per heavy atom. The van der Waals surface area contributed by atoms with Gasteiger partial charge in [0, 0.05) is 31.1 Å². The number of hydrogen-bond acceptors (Lipinski definition) is 4. The van der Waals surface area contributed by atoms with Gasteiger partial charge in [0.2, 0.25) is 0 Å². The molecule has 10 aromatic rings. The zero-order chi connectivity index (χ0) is 41.7. The first-order valence-corrected chi connectivity index (χ1v) is 16.7. The maximum absolute atomic E-state index is 9.56. The third-order valence-electron chi connectivity index (χ3n) is 8.84. The highest BCUT2D eigenvalue weighted by molar-refractivity contribution is 7.26. The van der Waals surface area contributed by atoms with Crippen molar-refractivity contribution in [3.63, 3.8) is 0 Å². The zero-order valence-corrected chi connectivity index (χ0v) is 26.9. The summed E-state index contributed by atoms with van der Waals surface area (Å²) in [6, 6.07) is 30.0. The molecule has 0 aliphatic heterocycles. The monoisotopic (exact) mass is 666 g/mol. The van der Waals surface area contributed by atoms with Gasteiger partial charge in [-0.2, -0.15) is 0 Å². The van der Waals surface area contributed by atoms with Crippen LogP contribution in [0.5, 0.6) is 0 Å². The molecule has 0 radical (unpaired) electrons. The summed E-state index contributed by atoms with van der Waals surface area (Å²) >= 11 is 0.919. The van der Waals surface area contributed by atoms with E-state index in [9.17, 15) is 1.37 Å². The van der Waals surface area contributed by atoms with E-state index in [1.165, 1.54) is 12.4 Å². The highest BCUT2D eigenvalue weighted by atomic mass is 32.1. The molecule has 0 bridgehead atoms. The number of benzene rings is 7. The molecule has 0 aliphatic carbocycles. The largest absolute Gasteiger partial charge is 0.452 e. The molecule has 3 nitrogen and oxygen atoms in total. The van der Waals surface area contributed by atoms with Crippen LogP contribution in [0.2, 0.25) is 0 Å².